The van der Waals surface area contributed by atoms with Crippen molar-refractivity contribution in [2.45, 2.75) is 38.5 Å². The van der Waals surface area contributed by atoms with E-state index in [0.29, 0.717) is 30.3 Å². The van der Waals surface area contributed by atoms with Crippen LogP contribution in [-0.2, 0) is 16.1 Å². The van der Waals surface area contributed by atoms with E-state index in [0.717, 1.165) is 36.3 Å². The maximum Gasteiger partial charge on any atom is 0.266 e. The molecule has 1 amide bonds. The summed E-state index contributed by atoms with van der Waals surface area (Å²) >= 11 is 0. The van der Waals surface area contributed by atoms with E-state index in [2.05, 4.69) is 10.2 Å². The number of nitrogens with one attached hydrogen (secondary N) is 1. The average molecular weight is 507 g/mol. The van der Waals surface area contributed by atoms with Crippen molar-refractivity contribution < 1.29 is 28.1 Å². The third kappa shape index (κ3) is 6.78. The smallest absolute Gasteiger partial charge is 0.266 e. The topological polar surface area (TPSA) is 69.3 Å². The molecule has 5 rings (SSSR count). The predicted octanol–water partition coefficient (Wildman–Crippen LogP) is 4.93. The van der Waals surface area contributed by atoms with Crippen LogP contribution in [0.2, 0.25) is 0 Å². The lowest BCUT2D eigenvalue weighted by Gasteiger charge is -2.29. The Balaban J connectivity index is 1.37. The predicted molar refractivity (Wildman–Crippen MR) is 137 cm³/mol. The molecule has 2 heterocycles. The molecule has 0 radical (unpaired) electrons. The number of carbonyl (C=O) groups is 1. The molecule has 1 saturated heterocycles. The summed E-state index contributed by atoms with van der Waals surface area (Å²) in [6, 6.07) is 19.3. The van der Waals surface area contributed by atoms with Crippen molar-refractivity contribution in [3.63, 3.8) is 0 Å². The highest BCUT2D eigenvalue weighted by atomic mass is 19.1. The fourth-order valence-corrected chi connectivity index (χ4v) is 4.55. The standard InChI is InChI=1S/C29H31FN2O5/c1-20-7-10-23(11-8-20)31-29(33)28(37-24-5-2-4-22(30)15-24)18-32(17-25-6-3-13-34-25)16-21-9-12-26-27(14-21)36-19-35-26/h2,4-5,7-12,14-15,25,28H,3,6,13,16-19H2,1H3,(H,31,33)/t25-,28+/m1/s1. The molecule has 0 aromatic heterocycles. The van der Waals surface area contributed by atoms with Gasteiger partial charge < -0.3 is 24.3 Å². The second kappa shape index (κ2) is 11.6. The molecule has 1 N–H and O–H groups in total. The van der Waals surface area contributed by atoms with Crippen molar-refractivity contribution in [1.82, 2.24) is 4.90 Å². The van der Waals surface area contributed by atoms with E-state index in [1.165, 1.54) is 12.1 Å². The number of benzene rings is 3. The van der Waals surface area contributed by atoms with Gasteiger partial charge in [-0.25, -0.2) is 4.39 Å². The number of hydrogen-bond donors (Lipinski definition) is 1. The van der Waals surface area contributed by atoms with Crippen molar-refractivity contribution in [1.29, 1.82) is 0 Å². The number of ether oxygens (including phenoxy) is 4. The van der Waals surface area contributed by atoms with Crippen LogP contribution >= 0.6 is 0 Å². The summed E-state index contributed by atoms with van der Waals surface area (Å²) in [5.74, 6) is 0.991. The van der Waals surface area contributed by atoms with E-state index < -0.39 is 11.9 Å². The molecule has 0 aliphatic carbocycles. The van der Waals surface area contributed by atoms with Gasteiger partial charge in [0.25, 0.3) is 5.91 Å². The van der Waals surface area contributed by atoms with Gasteiger partial charge in [0.05, 0.1) is 6.10 Å². The summed E-state index contributed by atoms with van der Waals surface area (Å²) in [6.07, 6.45) is 1.16. The van der Waals surface area contributed by atoms with Gasteiger partial charge in [-0.2, -0.15) is 0 Å². The molecule has 8 heteroatoms. The number of carbonyl (C=O) groups excluding carboxylic acids is 1. The molecule has 7 nitrogen and oxygen atoms in total. The number of hydrogen-bond acceptors (Lipinski definition) is 6. The van der Waals surface area contributed by atoms with Crippen LogP contribution < -0.4 is 19.5 Å². The van der Waals surface area contributed by atoms with Crippen molar-refractivity contribution in [2.75, 3.05) is 31.8 Å². The molecule has 0 spiro atoms. The Morgan fingerprint density at radius 3 is 2.73 bits per heavy atom. The Morgan fingerprint density at radius 1 is 1.11 bits per heavy atom. The minimum Gasteiger partial charge on any atom is -0.479 e. The number of halogens is 1. The maximum absolute atomic E-state index is 13.9. The SMILES string of the molecule is Cc1ccc(NC(=O)[C@H](CN(Cc2ccc3c(c2)OCO3)C[C@H]2CCCO2)Oc2cccc(F)c2)cc1. The van der Waals surface area contributed by atoms with Gasteiger partial charge in [0.15, 0.2) is 17.6 Å². The van der Waals surface area contributed by atoms with Crippen molar-refractivity contribution in [2.24, 2.45) is 0 Å². The van der Waals surface area contributed by atoms with Gasteiger partial charge in [-0.3, -0.25) is 9.69 Å². The first-order valence-electron chi connectivity index (χ1n) is 12.5. The molecule has 37 heavy (non-hydrogen) atoms. The molecule has 0 unspecified atom stereocenters. The Hall–Kier alpha value is -3.62. The van der Waals surface area contributed by atoms with Crippen LogP contribution in [0.5, 0.6) is 17.2 Å². The number of rotatable bonds is 10. The zero-order chi connectivity index (χ0) is 25.6. The van der Waals surface area contributed by atoms with Gasteiger partial charge in [-0.15, -0.1) is 0 Å². The van der Waals surface area contributed by atoms with Crippen molar-refractivity contribution in [3.8, 4) is 17.2 Å². The Labute approximate surface area is 216 Å². The van der Waals surface area contributed by atoms with Gasteiger partial charge in [-0.1, -0.05) is 29.8 Å². The maximum atomic E-state index is 13.9. The van der Waals surface area contributed by atoms with Crippen LogP contribution in [0.25, 0.3) is 0 Å². The number of anilines is 1. The largest absolute Gasteiger partial charge is 0.479 e. The van der Waals surface area contributed by atoms with Crippen LogP contribution in [0.4, 0.5) is 10.1 Å². The fourth-order valence-electron chi connectivity index (χ4n) is 4.55. The number of aryl methyl sites for hydroxylation is 1. The van der Waals surface area contributed by atoms with Crippen LogP contribution in [-0.4, -0.2) is 49.5 Å². The monoisotopic (exact) mass is 506 g/mol. The molecule has 0 bridgehead atoms. The third-order valence-electron chi connectivity index (χ3n) is 6.44. The van der Waals surface area contributed by atoms with E-state index in [-0.39, 0.29) is 25.3 Å². The summed E-state index contributed by atoms with van der Waals surface area (Å²) in [7, 11) is 0. The van der Waals surface area contributed by atoms with E-state index in [4.69, 9.17) is 18.9 Å². The summed E-state index contributed by atoms with van der Waals surface area (Å²) < 4.78 is 36.9. The van der Waals surface area contributed by atoms with Gasteiger partial charge in [0.1, 0.15) is 11.6 Å². The second-order valence-corrected chi connectivity index (χ2v) is 9.44. The van der Waals surface area contributed by atoms with Gasteiger partial charge >= 0.3 is 0 Å². The number of amides is 1. The zero-order valence-corrected chi connectivity index (χ0v) is 20.8. The van der Waals surface area contributed by atoms with Crippen LogP contribution in [0, 0.1) is 12.7 Å². The molecule has 1 fully saturated rings. The molecule has 2 aliphatic heterocycles. The highest BCUT2D eigenvalue weighted by Gasteiger charge is 2.28. The Bertz CT molecular complexity index is 1210. The highest BCUT2D eigenvalue weighted by Crippen LogP contribution is 2.33. The molecule has 0 saturated carbocycles. The summed E-state index contributed by atoms with van der Waals surface area (Å²) in [4.78, 5) is 15.6. The fraction of sp³-hybridized carbons (Fsp3) is 0.345. The lowest BCUT2D eigenvalue weighted by Crippen LogP contribution is -2.45. The Morgan fingerprint density at radius 2 is 1.95 bits per heavy atom. The molecular weight excluding hydrogens is 475 g/mol. The molecule has 194 valence electrons. The zero-order valence-electron chi connectivity index (χ0n) is 20.8. The second-order valence-electron chi connectivity index (χ2n) is 9.44. The first-order chi connectivity index (χ1) is 18.0. The first kappa shape index (κ1) is 25.0. The van der Waals surface area contributed by atoms with Gasteiger partial charge in [0, 0.05) is 38.0 Å². The minimum absolute atomic E-state index is 0.0731. The molecular formula is C29H31FN2O5. The molecule has 3 aromatic rings. The first-order valence-corrected chi connectivity index (χ1v) is 12.5. The van der Waals surface area contributed by atoms with Crippen molar-refractivity contribution in [3.05, 3.63) is 83.7 Å². The summed E-state index contributed by atoms with van der Waals surface area (Å²) in [5, 5.41) is 2.95. The highest BCUT2D eigenvalue weighted by molar-refractivity contribution is 5.94. The third-order valence-corrected chi connectivity index (χ3v) is 6.44. The van der Waals surface area contributed by atoms with Gasteiger partial charge in [0.2, 0.25) is 6.79 Å². The van der Waals surface area contributed by atoms with Crippen LogP contribution in [0.15, 0.2) is 66.7 Å². The quantitative estimate of drug-likeness (QED) is 0.421. The van der Waals surface area contributed by atoms with Crippen molar-refractivity contribution >= 4 is 11.6 Å². The molecule has 2 aliphatic rings. The van der Waals surface area contributed by atoms with Gasteiger partial charge in [-0.05, 0) is 61.7 Å². The summed E-state index contributed by atoms with van der Waals surface area (Å²) in [6.45, 7) is 4.40. The van der Waals surface area contributed by atoms with Crippen LogP contribution in [0.3, 0.4) is 0 Å². The van der Waals surface area contributed by atoms with E-state index >= 15 is 0 Å². The van der Waals surface area contributed by atoms with E-state index in [9.17, 15) is 9.18 Å². The van der Waals surface area contributed by atoms with E-state index in [1.54, 1.807) is 12.1 Å². The number of fused-ring (bicyclic) bond motifs is 1. The van der Waals surface area contributed by atoms with Crippen LogP contribution in [0.1, 0.15) is 24.0 Å². The van der Waals surface area contributed by atoms with E-state index in [1.807, 2.05) is 49.4 Å². The molecule has 2 atom stereocenters. The Kier molecular flexibility index (Phi) is 7.87. The summed E-state index contributed by atoms with van der Waals surface area (Å²) in [5.41, 5.74) is 2.78. The molecule has 3 aromatic carbocycles. The lowest BCUT2D eigenvalue weighted by molar-refractivity contribution is -0.123. The lowest BCUT2D eigenvalue weighted by atomic mass is 10.1. The number of nitrogens with zero attached hydrogens (tertiary/aromatic N) is 1. The minimum atomic E-state index is -0.890. The normalized spacial score (nSPS) is 17.1. The average Bonchev–Trinajstić information content (AvgIpc) is 3.57.